The minimum atomic E-state index is -0.458. The Morgan fingerprint density at radius 3 is 2.46 bits per heavy atom. The first kappa shape index (κ1) is 21.8. The van der Waals surface area contributed by atoms with E-state index in [4.69, 9.17) is 4.99 Å². The van der Waals surface area contributed by atoms with Crippen LogP contribution in [-0.2, 0) is 6.54 Å². The first-order chi connectivity index (χ1) is 17.1. The minimum absolute atomic E-state index is 0.0654. The van der Waals surface area contributed by atoms with Gasteiger partial charge in [-0.05, 0) is 29.8 Å². The molecule has 2 heterocycles. The van der Waals surface area contributed by atoms with Crippen LogP contribution in [0.2, 0.25) is 0 Å². The molecule has 9 heteroatoms. The van der Waals surface area contributed by atoms with Gasteiger partial charge in [0.25, 0.3) is 5.69 Å². The minimum Gasteiger partial charge on any atom is -0.494 e. The standard InChI is InChI=1S/C26H20N6O3/c33-25-23(21-15-20(32(34)35)11-12-22(21)31-25)24(18-5-2-1-3-6-18)30-19-9-7-17(8-10-19)16-29-26-27-13-4-14-28-26/h1-15,31,33H,16H2,(H,27,28,29). The molecule has 0 bridgehead atoms. The van der Waals surface area contributed by atoms with Gasteiger partial charge in [0.2, 0.25) is 5.95 Å². The van der Waals surface area contributed by atoms with Crippen LogP contribution in [0.4, 0.5) is 17.3 Å². The number of hydrogen-bond donors (Lipinski definition) is 3. The quantitative estimate of drug-likeness (QED) is 0.169. The molecular weight excluding hydrogens is 444 g/mol. The van der Waals surface area contributed by atoms with Crippen molar-refractivity contribution in [2.45, 2.75) is 6.54 Å². The Labute approximate surface area is 200 Å². The highest BCUT2D eigenvalue weighted by Crippen LogP contribution is 2.33. The third kappa shape index (κ3) is 4.69. The van der Waals surface area contributed by atoms with Gasteiger partial charge in [0.1, 0.15) is 0 Å². The Hall–Kier alpha value is -5.05. The molecule has 0 fully saturated rings. The van der Waals surface area contributed by atoms with Crippen LogP contribution in [-0.4, -0.2) is 30.7 Å². The first-order valence-corrected chi connectivity index (χ1v) is 10.8. The Kier molecular flexibility index (Phi) is 5.87. The fraction of sp³-hybridized carbons (Fsp3) is 0.0385. The molecule has 3 N–H and O–H groups in total. The van der Waals surface area contributed by atoms with Crippen molar-refractivity contribution in [3.05, 3.63) is 118 Å². The summed E-state index contributed by atoms with van der Waals surface area (Å²) in [6, 6.07) is 23.2. The fourth-order valence-corrected chi connectivity index (χ4v) is 3.77. The zero-order chi connectivity index (χ0) is 24.2. The Balaban J connectivity index is 1.54. The molecule has 0 radical (unpaired) electrons. The maximum absolute atomic E-state index is 11.4. The van der Waals surface area contributed by atoms with Gasteiger partial charge in [-0.2, -0.15) is 0 Å². The number of aromatic nitrogens is 3. The predicted octanol–water partition coefficient (Wildman–Crippen LogP) is 5.35. The van der Waals surface area contributed by atoms with E-state index in [1.807, 2.05) is 54.6 Å². The lowest BCUT2D eigenvalue weighted by molar-refractivity contribution is -0.384. The van der Waals surface area contributed by atoms with Crippen LogP contribution in [0.3, 0.4) is 0 Å². The van der Waals surface area contributed by atoms with Crippen molar-refractivity contribution < 1.29 is 10.0 Å². The Bertz CT molecular complexity index is 1510. The zero-order valence-electron chi connectivity index (χ0n) is 18.4. The molecule has 0 amide bonds. The van der Waals surface area contributed by atoms with E-state index >= 15 is 0 Å². The maximum atomic E-state index is 11.4. The number of H-pyrrole nitrogens is 1. The van der Waals surface area contributed by atoms with E-state index in [1.165, 1.54) is 12.1 Å². The molecule has 9 nitrogen and oxygen atoms in total. The van der Waals surface area contributed by atoms with Crippen LogP contribution in [0.25, 0.3) is 10.9 Å². The lowest BCUT2D eigenvalue weighted by Crippen LogP contribution is -2.03. The average Bonchev–Trinajstić information content (AvgIpc) is 3.22. The number of nitrogens with zero attached hydrogens (tertiary/aromatic N) is 4. The van der Waals surface area contributed by atoms with Crippen molar-refractivity contribution in [1.29, 1.82) is 0 Å². The summed E-state index contributed by atoms with van der Waals surface area (Å²) in [5.74, 6) is 0.441. The van der Waals surface area contributed by atoms with Crippen molar-refractivity contribution >= 4 is 33.9 Å². The lowest BCUT2D eigenvalue weighted by Gasteiger charge is -2.09. The number of aromatic hydroxyl groups is 1. The van der Waals surface area contributed by atoms with E-state index in [2.05, 4.69) is 20.3 Å². The molecule has 2 aromatic heterocycles. The molecule has 0 saturated carbocycles. The number of anilines is 1. The van der Waals surface area contributed by atoms with Crippen LogP contribution in [0.15, 0.2) is 96.2 Å². The number of aromatic amines is 1. The van der Waals surface area contributed by atoms with Crippen LogP contribution in [0.1, 0.15) is 16.7 Å². The summed E-state index contributed by atoms with van der Waals surface area (Å²) in [4.78, 5) is 26.9. The molecule has 5 rings (SSSR count). The number of aliphatic imine (C=N–C) groups is 1. The van der Waals surface area contributed by atoms with E-state index in [0.29, 0.717) is 40.4 Å². The van der Waals surface area contributed by atoms with Gasteiger partial charge >= 0.3 is 0 Å². The number of rotatable bonds is 7. The highest BCUT2D eigenvalue weighted by atomic mass is 16.6. The second-order valence-corrected chi connectivity index (χ2v) is 7.75. The number of nitrogens with one attached hydrogen (secondary N) is 2. The van der Waals surface area contributed by atoms with Crippen LogP contribution >= 0.6 is 0 Å². The van der Waals surface area contributed by atoms with E-state index in [0.717, 1.165) is 11.1 Å². The van der Waals surface area contributed by atoms with Gasteiger partial charge in [0.05, 0.1) is 21.9 Å². The fourth-order valence-electron chi connectivity index (χ4n) is 3.77. The smallest absolute Gasteiger partial charge is 0.270 e. The monoisotopic (exact) mass is 464 g/mol. The predicted molar refractivity (Wildman–Crippen MR) is 134 cm³/mol. The van der Waals surface area contributed by atoms with E-state index in [9.17, 15) is 15.2 Å². The summed E-state index contributed by atoms with van der Waals surface area (Å²) in [7, 11) is 0. The Morgan fingerprint density at radius 2 is 1.74 bits per heavy atom. The maximum Gasteiger partial charge on any atom is 0.270 e. The lowest BCUT2D eigenvalue weighted by atomic mass is 10.0. The van der Waals surface area contributed by atoms with Crippen LogP contribution in [0.5, 0.6) is 5.88 Å². The van der Waals surface area contributed by atoms with Crippen molar-refractivity contribution in [3.63, 3.8) is 0 Å². The van der Waals surface area contributed by atoms with Crippen molar-refractivity contribution in [3.8, 4) is 5.88 Å². The van der Waals surface area contributed by atoms with Gasteiger partial charge in [-0.15, -0.1) is 0 Å². The number of non-ortho nitro benzene ring substituents is 1. The van der Waals surface area contributed by atoms with Crippen molar-refractivity contribution in [2.75, 3.05) is 5.32 Å². The largest absolute Gasteiger partial charge is 0.494 e. The van der Waals surface area contributed by atoms with Gasteiger partial charge in [-0.25, -0.2) is 15.0 Å². The summed E-state index contributed by atoms with van der Waals surface area (Å²) in [5.41, 5.74) is 3.87. The van der Waals surface area contributed by atoms with Crippen molar-refractivity contribution in [1.82, 2.24) is 15.0 Å². The number of hydrogen-bond acceptors (Lipinski definition) is 7. The number of nitro groups is 1. The third-order valence-electron chi connectivity index (χ3n) is 5.45. The molecule has 0 unspecified atom stereocenters. The van der Waals surface area contributed by atoms with Gasteiger partial charge in [0, 0.05) is 47.5 Å². The molecule has 172 valence electrons. The number of fused-ring (bicyclic) bond motifs is 1. The van der Waals surface area contributed by atoms with Gasteiger partial charge < -0.3 is 15.4 Å². The molecule has 0 aliphatic carbocycles. The summed E-state index contributed by atoms with van der Waals surface area (Å²) in [6.45, 7) is 0.548. The number of nitro benzene ring substituents is 1. The molecule has 35 heavy (non-hydrogen) atoms. The van der Waals surface area contributed by atoms with Crippen molar-refractivity contribution in [2.24, 2.45) is 4.99 Å². The normalized spacial score (nSPS) is 11.5. The molecule has 0 aliphatic heterocycles. The van der Waals surface area contributed by atoms with Gasteiger partial charge in [0.15, 0.2) is 5.88 Å². The highest BCUT2D eigenvalue weighted by Gasteiger charge is 2.20. The van der Waals surface area contributed by atoms with Crippen LogP contribution < -0.4 is 5.32 Å². The average molecular weight is 464 g/mol. The zero-order valence-corrected chi connectivity index (χ0v) is 18.4. The summed E-state index contributed by atoms with van der Waals surface area (Å²) >= 11 is 0. The second kappa shape index (κ2) is 9.44. The molecule has 5 aromatic rings. The molecule has 0 spiro atoms. The first-order valence-electron chi connectivity index (χ1n) is 10.8. The topological polar surface area (TPSA) is 129 Å². The molecule has 0 aliphatic rings. The molecule has 0 atom stereocenters. The molecule has 3 aromatic carbocycles. The summed E-state index contributed by atoms with van der Waals surface area (Å²) in [5, 5.41) is 25.8. The Morgan fingerprint density at radius 1 is 1.00 bits per heavy atom. The SMILES string of the molecule is O=[N+]([O-])c1ccc2[nH]c(O)c(C(=Nc3ccc(CNc4ncccn4)cc3)c3ccccc3)c2c1. The second-order valence-electron chi connectivity index (χ2n) is 7.75. The number of benzene rings is 3. The van der Waals surface area contributed by atoms with E-state index in [-0.39, 0.29) is 11.6 Å². The molecule has 0 saturated heterocycles. The van der Waals surface area contributed by atoms with Gasteiger partial charge in [-0.1, -0.05) is 42.5 Å². The summed E-state index contributed by atoms with van der Waals surface area (Å²) < 4.78 is 0. The summed E-state index contributed by atoms with van der Waals surface area (Å²) in [6.07, 6.45) is 3.35. The third-order valence-corrected chi connectivity index (χ3v) is 5.45. The van der Waals surface area contributed by atoms with E-state index in [1.54, 1.807) is 24.5 Å². The van der Waals surface area contributed by atoms with E-state index < -0.39 is 4.92 Å². The molecular formula is C26H20N6O3. The van der Waals surface area contributed by atoms with Crippen LogP contribution in [0, 0.1) is 10.1 Å². The van der Waals surface area contributed by atoms with Gasteiger partial charge in [-0.3, -0.25) is 10.1 Å². The highest BCUT2D eigenvalue weighted by molar-refractivity contribution is 6.22.